The van der Waals surface area contributed by atoms with Crippen molar-refractivity contribution in [2.75, 3.05) is 19.8 Å². The van der Waals surface area contributed by atoms with Crippen LogP contribution in [0.3, 0.4) is 0 Å². The Hall–Kier alpha value is -0.800. The molecule has 0 aromatic heterocycles. The molecule has 1 aliphatic rings. The molecule has 8 radical (unpaired) electrons. The fraction of sp³-hybridized carbons (Fsp3) is 0.417. The SMILES string of the molecule is [B]C([B])(Cl)c1ccc(C([B])([B])N2CCOCC2=O)cc1. The molecule has 1 aliphatic heterocycles. The van der Waals surface area contributed by atoms with Crippen molar-refractivity contribution in [2.24, 2.45) is 0 Å². The van der Waals surface area contributed by atoms with Crippen LogP contribution in [-0.4, -0.2) is 62.0 Å². The highest BCUT2D eigenvalue weighted by atomic mass is 35.5. The molecule has 1 amide bonds. The van der Waals surface area contributed by atoms with Crippen LogP contribution in [0.2, 0.25) is 0 Å². The van der Waals surface area contributed by atoms with Crippen LogP contribution in [0.15, 0.2) is 24.3 Å². The molecule has 94 valence electrons. The Morgan fingerprint density at radius 3 is 2.15 bits per heavy atom. The smallest absolute Gasteiger partial charge is 0.248 e. The zero-order valence-corrected chi connectivity index (χ0v) is 11.6. The third-order valence-electron chi connectivity index (χ3n) is 3.22. The number of benzene rings is 1. The molecule has 1 saturated heterocycles. The standard InChI is InChI=1S/C12H10B4ClNO2/c13-11(14,17)8-1-3-9(4-2-8)12(15,16)18-5-6-20-7-10(18)19/h1-4H,5-7H2. The van der Waals surface area contributed by atoms with Gasteiger partial charge in [0.25, 0.3) is 0 Å². The molecule has 3 nitrogen and oxygen atoms in total. The molecule has 0 bridgehead atoms. The Kier molecular flexibility index (Phi) is 4.31. The maximum absolute atomic E-state index is 11.8. The van der Waals surface area contributed by atoms with E-state index in [-0.39, 0.29) is 12.5 Å². The molecule has 0 N–H and O–H groups in total. The van der Waals surface area contributed by atoms with Crippen LogP contribution >= 0.6 is 11.6 Å². The van der Waals surface area contributed by atoms with Crippen LogP contribution in [0.4, 0.5) is 0 Å². The number of morpholine rings is 1. The Balaban J connectivity index is 2.27. The number of ether oxygens (including phenoxy) is 1. The topological polar surface area (TPSA) is 29.5 Å². The van der Waals surface area contributed by atoms with Crippen molar-refractivity contribution in [1.82, 2.24) is 4.90 Å². The molecule has 0 aliphatic carbocycles. The van der Waals surface area contributed by atoms with Crippen LogP contribution in [0.25, 0.3) is 0 Å². The minimum Gasteiger partial charge on any atom is -0.370 e. The monoisotopic (exact) mass is 279 g/mol. The second-order valence-electron chi connectivity index (χ2n) is 4.77. The fourth-order valence-corrected chi connectivity index (χ4v) is 2.18. The second-order valence-corrected chi connectivity index (χ2v) is 5.39. The fourth-order valence-electron chi connectivity index (χ4n) is 2.06. The molecule has 0 saturated carbocycles. The predicted octanol–water partition coefficient (Wildman–Crippen LogP) is -0.321. The van der Waals surface area contributed by atoms with Gasteiger partial charge in [0.2, 0.25) is 5.91 Å². The van der Waals surface area contributed by atoms with Crippen molar-refractivity contribution < 1.29 is 9.53 Å². The lowest BCUT2D eigenvalue weighted by Crippen LogP contribution is -2.55. The van der Waals surface area contributed by atoms with Gasteiger partial charge < -0.3 is 9.64 Å². The quantitative estimate of drug-likeness (QED) is 0.560. The Morgan fingerprint density at radius 2 is 1.65 bits per heavy atom. The van der Waals surface area contributed by atoms with E-state index in [1.54, 1.807) is 24.3 Å². The minimum absolute atomic E-state index is 0.0232. The van der Waals surface area contributed by atoms with Crippen LogP contribution in [0.5, 0.6) is 0 Å². The lowest BCUT2D eigenvalue weighted by Gasteiger charge is -2.42. The first-order valence-electron chi connectivity index (χ1n) is 6.06. The van der Waals surface area contributed by atoms with Gasteiger partial charge in [0.05, 0.1) is 38.0 Å². The summed E-state index contributed by atoms with van der Waals surface area (Å²) in [7, 11) is 23.3. The van der Waals surface area contributed by atoms with Crippen LogP contribution < -0.4 is 0 Å². The highest BCUT2D eigenvalue weighted by Crippen LogP contribution is 2.27. The lowest BCUT2D eigenvalue weighted by atomic mass is 9.56. The van der Waals surface area contributed by atoms with E-state index in [1.165, 1.54) is 4.90 Å². The van der Waals surface area contributed by atoms with E-state index >= 15 is 0 Å². The Labute approximate surface area is 129 Å². The van der Waals surface area contributed by atoms with Gasteiger partial charge >= 0.3 is 0 Å². The summed E-state index contributed by atoms with van der Waals surface area (Å²) in [6.45, 7) is 0.710. The van der Waals surface area contributed by atoms with Crippen molar-refractivity contribution >= 4 is 48.9 Å². The molecule has 1 fully saturated rings. The molecule has 2 rings (SSSR count). The van der Waals surface area contributed by atoms with Crippen molar-refractivity contribution in [3.05, 3.63) is 35.4 Å². The van der Waals surface area contributed by atoms with Gasteiger partial charge in [0.1, 0.15) is 6.61 Å². The highest BCUT2D eigenvalue weighted by Gasteiger charge is 2.33. The maximum atomic E-state index is 11.8. The van der Waals surface area contributed by atoms with E-state index in [0.29, 0.717) is 24.3 Å². The summed E-state index contributed by atoms with van der Waals surface area (Å²) >= 11 is 5.81. The minimum atomic E-state index is -1.46. The average molecular weight is 279 g/mol. The van der Waals surface area contributed by atoms with Gasteiger partial charge in [-0.1, -0.05) is 24.3 Å². The third-order valence-corrected chi connectivity index (χ3v) is 3.44. The van der Waals surface area contributed by atoms with Crippen molar-refractivity contribution in [3.63, 3.8) is 0 Å². The van der Waals surface area contributed by atoms with Gasteiger partial charge in [-0.2, -0.15) is 0 Å². The lowest BCUT2D eigenvalue weighted by molar-refractivity contribution is -0.145. The zero-order valence-electron chi connectivity index (χ0n) is 10.9. The van der Waals surface area contributed by atoms with E-state index < -0.39 is 10.0 Å². The number of amides is 1. The number of alkyl halides is 1. The first-order valence-corrected chi connectivity index (χ1v) is 6.44. The highest BCUT2D eigenvalue weighted by molar-refractivity contribution is 6.61. The van der Waals surface area contributed by atoms with Crippen molar-refractivity contribution in [2.45, 2.75) is 10.0 Å². The summed E-state index contributed by atoms with van der Waals surface area (Å²) in [6, 6.07) is 6.55. The molecular formula is C12H10B4ClNO2. The largest absolute Gasteiger partial charge is 0.370 e. The second kappa shape index (κ2) is 5.53. The molecule has 0 atom stereocenters. The van der Waals surface area contributed by atoms with E-state index in [1.807, 2.05) is 0 Å². The van der Waals surface area contributed by atoms with Crippen molar-refractivity contribution in [1.29, 1.82) is 0 Å². The van der Waals surface area contributed by atoms with E-state index in [9.17, 15) is 4.79 Å². The van der Waals surface area contributed by atoms with Crippen LogP contribution in [0, 0.1) is 0 Å². The summed E-state index contributed by atoms with van der Waals surface area (Å²) in [5.41, 5.74) is 1.07. The van der Waals surface area contributed by atoms with E-state index in [4.69, 9.17) is 47.7 Å². The van der Waals surface area contributed by atoms with Gasteiger partial charge in [-0.05, 0) is 21.1 Å². The van der Waals surface area contributed by atoms with E-state index in [2.05, 4.69) is 0 Å². The maximum Gasteiger partial charge on any atom is 0.248 e. The summed E-state index contributed by atoms with van der Waals surface area (Å²) < 4.78 is 3.59. The predicted molar refractivity (Wildman–Crippen MR) is 81.2 cm³/mol. The first-order chi connectivity index (χ1) is 9.23. The van der Waals surface area contributed by atoms with Crippen LogP contribution in [-0.2, 0) is 19.5 Å². The summed E-state index contributed by atoms with van der Waals surface area (Å²) in [5, 5.41) is -1.42. The number of carbonyl (C=O) groups excluding carboxylic acids is 1. The van der Waals surface area contributed by atoms with Gasteiger partial charge in [0, 0.05) is 6.54 Å². The molecule has 0 spiro atoms. The zero-order chi connectivity index (χ0) is 15.0. The summed E-state index contributed by atoms with van der Waals surface area (Å²) in [4.78, 5) is 13.2. The van der Waals surface area contributed by atoms with Gasteiger partial charge in [0.15, 0.2) is 0 Å². The third kappa shape index (κ3) is 3.09. The van der Waals surface area contributed by atoms with Crippen LogP contribution in [0.1, 0.15) is 11.1 Å². The average Bonchev–Trinajstić information content (AvgIpc) is 2.38. The molecule has 1 heterocycles. The van der Waals surface area contributed by atoms with Gasteiger partial charge in [-0.25, -0.2) is 0 Å². The molecule has 1 aromatic rings. The molecule has 0 unspecified atom stereocenters. The molecule has 8 heteroatoms. The Morgan fingerprint density at radius 1 is 1.10 bits per heavy atom. The van der Waals surface area contributed by atoms with E-state index in [0.717, 1.165) is 0 Å². The summed E-state index contributed by atoms with van der Waals surface area (Å²) in [5.74, 6) is -0.255. The molecule has 1 aromatic carbocycles. The number of rotatable bonds is 3. The number of nitrogens with zero attached hydrogens (tertiary/aromatic N) is 1. The van der Waals surface area contributed by atoms with Gasteiger partial charge in [-0.3, -0.25) is 4.79 Å². The normalized spacial score (nSPS) is 17.2. The number of hydrogen-bond acceptors (Lipinski definition) is 2. The van der Waals surface area contributed by atoms with Crippen molar-refractivity contribution in [3.8, 4) is 0 Å². The number of halogens is 1. The Bertz CT molecular complexity index is 501. The molecular weight excluding hydrogens is 269 g/mol. The van der Waals surface area contributed by atoms with Gasteiger partial charge in [-0.15, -0.1) is 11.6 Å². The number of carbonyl (C=O) groups is 1. The molecule has 20 heavy (non-hydrogen) atoms. The first kappa shape index (κ1) is 15.6. The number of hydrogen-bond donors (Lipinski definition) is 0. The summed E-state index contributed by atoms with van der Waals surface area (Å²) in [6.07, 6.45) is 0.